The zero-order chi connectivity index (χ0) is 23.1. The van der Waals surface area contributed by atoms with Gasteiger partial charge in [0.2, 0.25) is 0 Å². The number of likely N-dealkylation sites (N-methyl/N-ethyl adjacent to an activating group) is 1. The standard InChI is InChI=1S/C24H20FN5O3/c1-28-19-10-15(11-26)6-7-21(19)33-14-20(23(28)31)30-9-8-17-13-29(27-22(17)24(30)32)12-16-4-2-3-5-18(16)25/h2-7,10,13,20H,8-9,12,14H2,1H3/t20-/m0/s1. The Morgan fingerprint density at radius 1 is 1.24 bits per heavy atom. The van der Waals surface area contributed by atoms with Crippen LogP contribution in [0.15, 0.2) is 48.7 Å². The number of hydrogen-bond acceptors (Lipinski definition) is 5. The maximum Gasteiger partial charge on any atom is 0.275 e. The van der Waals surface area contributed by atoms with Crippen LogP contribution in [0.25, 0.3) is 0 Å². The number of rotatable bonds is 3. The number of anilines is 1. The van der Waals surface area contributed by atoms with Crippen molar-refractivity contribution in [1.82, 2.24) is 14.7 Å². The van der Waals surface area contributed by atoms with Crippen molar-refractivity contribution in [3.63, 3.8) is 0 Å². The first-order valence-electron chi connectivity index (χ1n) is 10.5. The zero-order valence-corrected chi connectivity index (χ0v) is 17.9. The van der Waals surface area contributed by atoms with Gasteiger partial charge in [0.15, 0.2) is 5.69 Å². The molecule has 2 aliphatic rings. The van der Waals surface area contributed by atoms with Crippen LogP contribution < -0.4 is 9.64 Å². The average Bonchev–Trinajstić information content (AvgIpc) is 3.20. The van der Waals surface area contributed by atoms with Crippen LogP contribution in [0.2, 0.25) is 0 Å². The summed E-state index contributed by atoms with van der Waals surface area (Å²) in [5.41, 5.74) is 2.41. The van der Waals surface area contributed by atoms with E-state index in [1.807, 2.05) is 0 Å². The van der Waals surface area contributed by atoms with Crippen LogP contribution >= 0.6 is 0 Å². The van der Waals surface area contributed by atoms with Crippen molar-refractivity contribution in [2.75, 3.05) is 25.1 Å². The molecule has 0 unspecified atom stereocenters. The van der Waals surface area contributed by atoms with Gasteiger partial charge in [-0.05, 0) is 30.7 Å². The molecule has 33 heavy (non-hydrogen) atoms. The van der Waals surface area contributed by atoms with Gasteiger partial charge in [0.25, 0.3) is 11.8 Å². The molecule has 2 aromatic carbocycles. The minimum absolute atomic E-state index is 0.000911. The molecule has 0 fully saturated rings. The smallest absolute Gasteiger partial charge is 0.275 e. The van der Waals surface area contributed by atoms with E-state index in [9.17, 15) is 19.2 Å². The molecule has 5 rings (SSSR count). The number of fused-ring (bicyclic) bond motifs is 2. The molecule has 0 bridgehead atoms. The molecule has 0 spiro atoms. The van der Waals surface area contributed by atoms with E-state index in [2.05, 4.69) is 11.2 Å². The number of aromatic nitrogens is 2. The molecular weight excluding hydrogens is 425 g/mol. The third-order valence-corrected chi connectivity index (χ3v) is 6.05. The first-order valence-corrected chi connectivity index (χ1v) is 10.5. The van der Waals surface area contributed by atoms with E-state index in [-0.39, 0.29) is 36.5 Å². The normalized spacial score (nSPS) is 17.7. The van der Waals surface area contributed by atoms with Crippen LogP contribution in [0.1, 0.15) is 27.2 Å². The molecule has 2 aliphatic heterocycles. The second-order valence-electron chi connectivity index (χ2n) is 8.06. The largest absolute Gasteiger partial charge is 0.489 e. The highest BCUT2D eigenvalue weighted by Gasteiger charge is 2.40. The summed E-state index contributed by atoms with van der Waals surface area (Å²) in [5, 5.41) is 13.6. The summed E-state index contributed by atoms with van der Waals surface area (Å²) < 4.78 is 21.4. The van der Waals surface area contributed by atoms with Gasteiger partial charge in [-0.3, -0.25) is 14.3 Å². The first kappa shape index (κ1) is 20.7. The van der Waals surface area contributed by atoms with Crippen molar-refractivity contribution in [3.05, 3.63) is 76.9 Å². The molecule has 1 aromatic heterocycles. The van der Waals surface area contributed by atoms with E-state index in [4.69, 9.17) is 4.74 Å². The SMILES string of the molecule is CN1C(=O)[C@@H](N2CCc3cn(Cc4ccccc4F)nc3C2=O)COc2ccc(C#N)cc21. The van der Waals surface area contributed by atoms with Gasteiger partial charge in [0.1, 0.15) is 24.2 Å². The number of nitrogens with zero attached hydrogens (tertiary/aromatic N) is 5. The van der Waals surface area contributed by atoms with Gasteiger partial charge in [-0.1, -0.05) is 18.2 Å². The Morgan fingerprint density at radius 2 is 2.06 bits per heavy atom. The van der Waals surface area contributed by atoms with Crippen LogP contribution in [0.3, 0.4) is 0 Å². The minimum Gasteiger partial charge on any atom is -0.489 e. The summed E-state index contributed by atoms with van der Waals surface area (Å²) in [5.74, 6) is -0.511. The van der Waals surface area contributed by atoms with Crippen molar-refractivity contribution in [1.29, 1.82) is 5.26 Å². The number of carbonyl (C=O) groups is 2. The van der Waals surface area contributed by atoms with E-state index in [1.165, 1.54) is 15.9 Å². The fourth-order valence-electron chi connectivity index (χ4n) is 4.26. The number of nitriles is 1. The Hall–Kier alpha value is -4.19. The van der Waals surface area contributed by atoms with E-state index >= 15 is 0 Å². The average molecular weight is 445 g/mol. The van der Waals surface area contributed by atoms with Gasteiger partial charge in [-0.15, -0.1) is 0 Å². The summed E-state index contributed by atoms with van der Waals surface area (Å²) >= 11 is 0. The molecule has 0 N–H and O–H groups in total. The van der Waals surface area contributed by atoms with Gasteiger partial charge in [0, 0.05) is 30.9 Å². The Kier molecular flexibility index (Phi) is 5.05. The number of carbonyl (C=O) groups excluding carboxylic acids is 2. The lowest BCUT2D eigenvalue weighted by atomic mass is 10.0. The molecule has 3 aromatic rings. The monoisotopic (exact) mass is 445 g/mol. The van der Waals surface area contributed by atoms with Gasteiger partial charge in [-0.25, -0.2) is 4.39 Å². The second kappa shape index (κ2) is 8.06. The highest BCUT2D eigenvalue weighted by molar-refractivity contribution is 6.03. The predicted octanol–water partition coefficient (Wildman–Crippen LogP) is 2.36. The third kappa shape index (κ3) is 3.59. The molecule has 0 saturated heterocycles. The first-order chi connectivity index (χ1) is 16.0. The molecule has 1 atom stereocenters. The summed E-state index contributed by atoms with van der Waals surface area (Å²) in [6, 6.07) is 12.5. The lowest BCUT2D eigenvalue weighted by Crippen LogP contribution is -2.54. The number of halogens is 1. The van der Waals surface area contributed by atoms with Crippen molar-refractivity contribution in [2.45, 2.75) is 19.0 Å². The number of hydrogen-bond donors (Lipinski definition) is 0. The number of amides is 2. The molecule has 0 saturated carbocycles. The third-order valence-electron chi connectivity index (χ3n) is 6.05. The summed E-state index contributed by atoms with van der Waals surface area (Å²) in [4.78, 5) is 29.5. The van der Waals surface area contributed by atoms with Gasteiger partial charge < -0.3 is 14.5 Å². The molecule has 2 amide bonds. The van der Waals surface area contributed by atoms with Crippen LogP contribution in [0.5, 0.6) is 5.75 Å². The Labute approximate surface area is 189 Å². The van der Waals surface area contributed by atoms with E-state index in [0.29, 0.717) is 35.5 Å². The lowest BCUT2D eigenvalue weighted by Gasteiger charge is -2.33. The molecule has 9 heteroatoms. The summed E-state index contributed by atoms with van der Waals surface area (Å²) in [6.45, 7) is 0.543. The van der Waals surface area contributed by atoms with Crippen molar-refractivity contribution >= 4 is 17.5 Å². The maximum atomic E-state index is 14.0. The van der Waals surface area contributed by atoms with Crippen LogP contribution in [-0.2, 0) is 17.8 Å². The fourth-order valence-corrected chi connectivity index (χ4v) is 4.26. The molecule has 166 valence electrons. The minimum atomic E-state index is -0.828. The zero-order valence-electron chi connectivity index (χ0n) is 17.9. The fraction of sp³-hybridized carbons (Fsp3) is 0.250. The topological polar surface area (TPSA) is 91.5 Å². The summed E-state index contributed by atoms with van der Waals surface area (Å²) in [6.07, 6.45) is 2.28. The molecular formula is C24H20FN5O3. The molecule has 3 heterocycles. The van der Waals surface area contributed by atoms with Crippen LogP contribution in [-0.4, -0.2) is 52.7 Å². The van der Waals surface area contributed by atoms with E-state index < -0.39 is 6.04 Å². The maximum absolute atomic E-state index is 14.0. The Morgan fingerprint density at radius 3 is 2.85 bits per heavy atom. The quantitative estimate of drug-likeness (QED) is 0.617. The Balaban J connectivity index is 1.39. The highest BCUT2D eigenvalue weighted by Crippen LogP contribution is 2.33. The highest BCUT2D eigenvalue weighted by atomic mass is 19.1. The van der Waals surface area contributed by atoms with Crippen molar-refractivity contribution in [2.24, 2.45) is 0 Å². The Bertz CT molecular complexity index is 1310. The predicted molar refractivity (Wildman–Crippen MR) is 116 cm³/mol. The van der Waals surface area contributed by atoms with E-state index in [1.54, 1.807) is 54.3 Å². The van der Waals surface area contributed by atoms with Crippen molar-refractivity contribution in [3.8, 4) is 11.8 Å². The van der Waals surface area contributed by atoms with Crippen molar-refractivity contribution < 1.29 is 18.7 Å². The van der Waals surface area contributed by atoms with E-state index in [0.717, 1.165) is 5.56 Å². The second-order valence-corrected chi connectivity index (χ2v) is 8.06. The molecule has 8 nitrogen and oxygen atoms in total. The molecule has 0 aliphatic carbocycles. The van der Waals surface area contributed by atoms with Crippen LogP contribution in [0.4, 0.5) is 10.1 Å². The molecule has 0 radical (unpaired) electrons. The number of benzene rings is 2. The van der Waals surface area contributed by atoms with Gasteiger partial charge in [-0.2, -0.15) is 10.4 Å². The van der Waals surface area contributed by atoms with Crippen LogP contribution in [0, 0.1) is 17.1 Å². The number of ether oxygens (including phenoxy) is 1. The summed E-state index contributed by atoms with van der Waals surface area (Å²) in [7, 11) is 1.60. The van der Waals surface area contributed by atoms with Gasteiger partial charge in [0.05, 0.1) is 23.9 Å². The lowest BCUT2D eigenvalue weighted by molar-refractivity contribution is -0.123. The van der Waals surface area contributed by atoms with Gasteiger partial charge >= 0.3 is 0 Å².